The van der Waals surface area contributed by atoms with E-state index in [1.54, 1.807) is 6.92 Å². The lowest BCUT2D eigenvalue weighted by Gasteiger charge is -2.23. The van der Waals surface area contributed by atoms with E-state index in [-0.39, 0.29) is 18.1 Å². The molecule has 0 saturated carbocycles. The molecule has 0 aliphatic carbocycles. The molecule has 2 aromatic carbocycles. The number of nitrogens with one attached hydrogen (secondary N) is 1. The number of aryl methyl sites for hydroxylation is 2. The zero-order valence-corrected chi connectivity index (χ0v) is 22.8. The molecule has 0 spiro atoms. The van der Waals surface area contributed by atoms with Crippen molar-refractivity contribution in [1.82, 2.24) is 19.7 Å². The summed E-state index contributed by atoms with van der Waals surface area (Å²) >= 11 is 6.31. The molecule has 1 aliphatic rings. The number of benzene rings is 2. The number of aliphatic carboxylic acids is 1. The predicted octanol–water partition coefficient (Wildman–Crippen LogP) is 5.58. The van der Waals surface area contributed by atoms with Crippen molar-refractivity contribution >= 4 is 46.0 Å². The van der Waals surface area contributed by atoms with Crippen molar-refractivity contribution in [2.24, 2.45) is 0 Å². The highest BCUT2D eigenvalue weighted by molar-refractivity contribution is 6.31. The van der Waals surface area contributed by atoms with E-state index in [1.807, 2.05) is 47.1 Å². The van der Waals surface area contributed by atoms with E-state index >= 15 is 0 Å². The van der Waals surface area contributed by atoms with Gasteiger partial charge < -0.3 is 16.2 Å². The van der Waals surface area contributed by atoms with Crippen molar-refractivity contribution in [2.75, 3.05) is 11.1 Å². The zero-order valence-electron chi connectivity index (χ0n) is 22.0. The Labute approximate surface area is 231 Å². The molecule has 3 heterocycles. The molecule has 9 nitrogen and oxygen atoms in total. The van der Waals surface area contributed by atoms with Gasteiger partial charge in [0.15, 0.2) is 5.82 Å². The van der Waals surface area contributed by atoms with Gasteiger partial charge in [-0.1, -0.05) is 62.1 Å². The van der Waals surface area contributed by atoms with Gasteiger partial charge in [-0.3, -0.25) is 14.3 Å². The lowest BCUT2D eigenvalue weighted by Crippen LogP contribution is -2.33. The fourth-order valence-corrected chi connectivity index (χ4v) is 5.38. The molecule has 0 radical (unpaired) electrons. The van der Waals surface area contributed by atoms with Gasteiger partial charge in [-0.15, -0.1) is 0 Å². The number of aromatic nitrogens is 4. The van der Waals surface area contributed by atoms with Crippen LogP contribution in [-0.2, 0) is 28.0 Å². The largest absolute Gasteiger partial charge is 0.481 e. The molecule has 10 heteroatoms. The number of carboxylic acid groups (broad SMARTS) is 1. The number of fused-ring (bicyclic) bond motifs is 2. The van der Waals surface area contributed by atoms with E-state index in [1.165, 1.54) is 6.42 Å². The molecule has 0 fully saturated rings. The molecular formula is C29H31ClN6O3. The number of nitrogen functional groups attached to an aromatic ring is 1. The van der Waals surface area contributed by atoms with Crippen molar-refractivity contribution < 1.29 is 14.7 Å². The number of rotatable bonds is 10. The number of nitrogens with two attached hydrogens (primary N) is 1. The highest BCUT2D eigenvalue weighted by Crippen LogP contribution is 2.45. The third-order valence-electron chi connectivity index (χ3n) is 7.43. The maximum Gasteiger partial charge on any atom is 0.303 e. The Hall–Kier alpha value is -3.98. The van der Waals surface area contributed by atoms with Gasteiger partial charge in [-0.25, -0.2) is 9.97 Å². The maximum absolute atomic E-state index is 13.3. The van der Waals surface area contributed by atoms with Crippen LogP contribution in [0.3, 0.4) is 0 Å². The second kappa shape index (κ2) is 10.6. The quantitative estimate of drug-likeness (QED) is 0.221. The summed E-state index contributed by atoms with van der Waals surface area (Å²) in [6.07, 6.45) is 4.88. The number of carbonyl (C=O) groups is 2. The molecule has 5 rings (SSSR count). The van der Waals surface area contributed by atoms with Crippen molar-refractivity contribution in [3.8, 4) is 11.5 Å². The predicted molar refractivity (Wildman–Crippen MR) is 152 cm³/mol. The van der Waals surface area contributed by atoms with Crippen LogP contribution < -0.4 is 11.1 Å². The summed E-state index contributed by atoms with van der Waals surface area (Å²) in [6.45, 7) is 4.72. The van der Waals surface area contributed by atoms with Crippen LogP contribution >= 0.6 is 11.6 Å². The lowest BCUT2D eigenvalue weighted by atomic mass is 9.77. The molecule has 1 atom stereocenters. The molecule has 2 aromatic heterocycles. The van der Waals surface area contributed by atoms with Gasteiger partial charge >= 0.3 is 5.97 Å². The third kappa shape index (κ3) is 4.94. The fraction of sp³-hybridized carbons (Fsp3) is 0.345. The topological polar surface area (TPSA) is 136 Å². The van der Waals surface area contributed by atoms with E-state index < -0.39 is 11.4 Å². The number of unbranched alkanes of at least 4 members (excludes halogenated alkanes) is 3. The SMILES string of the molecule is CCCCCCn1nc(-c2nc(N)c3c(n2)NC(=O)C3(C)c2ccc(CCC(=O)O)cc2)c2ccc(Cl)cc21. The van der Waals surface area contributed by atoms with Crippen LogP contribution in [0, 0.1) is 0 Å². The highest BCUT2D eigenvalue weighted by atomic mass is 35.5. The fourth-order valence-electron chi connectivity index (χ4n) is 5.22. The van der Waals surface area contributed by atoms with Crippen LogP contribution in [0.15, 0.2) is 42.5 Å². The van der Waals surface area contributed by atoms with E-state index in [9.17, 15) is 9.59 Å². The van der Waals surface area contributed by atoms with Crippen LogP contribution in [0.2, 0.25) is 5.02 Å². The first kappa shape index (κ1) is 26.6. The van der Waals surface area contributed by atoms with Gasteiger partial charge in [-0.2, -0.15) is 5.10 Å². The van der Waals surface area contributed by atoms with Gasteiger partial charge in [0.05, 0.1) is 11.1 Å². The van der Waals surface area contributed by atoms with Crippen molar-refractivity contribution in [3.63, 3.8) is 0 Å². The number of anilines is 2. The molecule has 1 aliphatic heterocycles. The summed E-state index contributed by atoms with van der Waals surface area (Å²) in [5.41, 5.74) is 9.01. The Kier molecular flexibility index (Phi) is 7.27. The summed E-state index contributed by atoms with van der Waals surface area (Å²) in [6, 6.07) is 12.9. The average Bonchev–Trinajstić information content (AvgIpc) is 3.40. The highest BCUT2D eigenvalue weighted by Gasteiger charge is 2.47. The van der Waals surface area contributed by atoms with E-state index in [0.29, 0.717) is 34.3 Å². The van der Waals surface area contributed by atoms with Crippen molar-refractivity contribution in [3.05, 3.63) is 64.2 Å². The first-order valence-corrected chi connectivity index (χ1v) is 13.6. The summed E-state index contributed by atoms with van der Waals surface area (Å²) in [4.78, 5) is 33.6. The minimum absolute atomic E-state index is 0.0406. The molecular weight excluding hydrogens is 516 g/mol. The Balaban J connectivity index is 1.52. The van der Waals surface area contributed by atoms with E-state index in [2.05, 4.69) is 17.2 Å². The minimum Gasteiger partial charge on any atom is -0.481 e. The number of carbonyl (C=O) groups excluding carboxylic acids is 1. The monoisotopic (exact) mass is 546 g/mol. The Morgan fingerprint density at radius 1 is 1.13 bits per heavy atom. The van der Waals surface area contributed by atoms with Gasteiger partial charge in [0.25, 0.3) is 0 Å². The zero-order chi connectivity index (χ0) is 27.7. The van der Waals surface area contributed by atoms with Gasteiger partial charge in [0.2, 0.25) is 5.91 Å². The number of carboxylic acids is 1. The van der Waals surface area contributed by atoms with Crippen molar-refractivity contribution in [1.29, 1.82) is 0 Å². The van der Waals surface area contributed by atoms with Crippen LogP contribution in [-0.4, -0.2) is 36.7 Å². The normalized spacial score (nSPS) is 16.4. The Bertz CT molecular complexity index is 1570. The average molecular weight is 547 g/mol. The molecule has 4 aromatic rings. The molecule has 1 unspecified atom stereocenters. The summed E-state index contributed by atoms with van der Waals surface area (Å²) < 4.78 is 1.94. The number of nitrogens with zero attached hydrogens (tertiary/aromatic N) is 4. The third-order valence-corrected chi connectivity index (χ3v) is 7.67. The number of halogens is 1. The smallest absolute Gasteiger partial charge is 0.303 e. The summed E-state index contributed by atoms with van der Waals surface area (Å²) in [5, 5.41) is 18.2. The number of hydrogen-bond donors (Lipinski definition) is 3. The van der Waals surface area contributed by atoms with E-state index in [4.69, 9.17) is 32.5 Å². The van der Waals surface area contributed by atoms with Gasteiger partial charge in [-0.05, 0) is 49.1 Å². The van der Waals surface area contributed by atoms with E-state index in [0.717, 1.165) is 47.8 Å². The van der Waals surface area contributed by atoms with Crippen LogP contribution in [0.25, 0.3) is 22.4 Å². The second-order valence-electron chi connectivity index (χ2n) is 10.1. The Morgan fingerprint density at radius 2 is 1.90 bits per heavy atom. The standard InChI is InChI=1S/C29H31ClN6O3/c1-3-4-5-6-15-36-21-16-19(30)12-13-20(21)24(35-36)27-32-25(31)23-26(33-27)34-28(39)29(23,2)18-10-7-17(8-11-18)9-14-22(37)38/h7-8,10-13,16H,3-6,9,14-15H2,1-2H3,(H,37,38)(H3,31,32,33,34,39). The first-order chi connectivity index (χ1) is 18.7. The summed E-state index contributed by atoms with van der Waals surface area (Å²) in [7, 11) is 0. The van der Waals surface area contributed by atoms with Gasteiger partial charge in [0, 0.05) is 23.4 Å². The molecule has 39 heavy (non-hydrogen) atoms. The molecule has 202 valence electrons. The minimum atomic E-state index is -1.10. The maximum atomic E-state index is 13.3. The Morgan fingerprint density at radius 3 is 2.62 bits per heavy atom. The van der Waals surface area contributed by atoms with Crippen LogP contribution in [0.4, 0.5) is 11.6 Å². The number of hydrogen-bond acceptors (Lipinski definition) is 6. The molecule has 0 bridgehead atoms. The van der Waals surface area contributed by atoms with Crippen LogP contribution in [0.1, 0.15) is 62.6 Å². The van der Waals surface area contributed by atoms with Crippen LogP contribution in [0.5, 0.6) is 0 Å². The summed E-state index contributed by atoms with van der Waals surface area (Å²) in [5.74, 6) is -0.218. The second-order valence-corrected chi connectivity index (χ2v) is 10.6. The molecule has 0 saturated heterocycles. The number of amides is 1. The molecule has 4 N–H and O–H groups in total. The van der Waals surface area contributed by atoms with Crippen molar-refractivity contribution in [2.45, 2.75) is 64.3 Å². The lowest BCUT2D eigenvalue weighted by molar-refractivity contribution is -0.137. The molecule has 1 amide bonds. The first-order valence-electron chi connectivity index (χ1n) is 13.2. The van der Waals surface area contributed by atoms with Gasteiger partial charge in [0.1, 0.15) is 22.7 Å².